The van der Waals surface area contributed by atoms with Crippen LogP contribution in [0.3, 0.4) is 0 Å². The lowest BCUT2D eigenvalue weighted by Gasteiger charge is -2.39. The molecule has 1 aromatic rings. The number of benzene rings is 1. The summed E-state index contributed by atoms with van der Waals surface area (Å²) in [6, 6.07) is 2.52. The predicted octanol–water partition coefficient (Wildman–Crippen LogP) is 3.65. The maximum Gasteiger partial charge on any atom is 0.416 e. The highest BCUT2D eigenvalue weighted by Crippen LogP contribution is 2.33. The van der Waals surface area contributed by atoms with E-state index in [1.807, 2.05) is 22.9 Å². The van der Waals surface area contributed by atoms with Gasteiger partial charge in [-0.05, 0) is 37.4 Å². The van der Waals surface area contributed by atoms with Crippen LogP contribution in [0.25, 0.3) is 0 Å². The van der Waals surface area contributed by atoms with E-state index in [0.717, 1.165) is 17.1 Å². The lowest BCUT2D eigenvalue weighted by Crippen LogP contribution is -2.52. The second-order valence-electron chi connectivity index (χ2n) is 9.64. The fourth-order valence-electron chi connectivity index (χ4n) is 4.63. The fourth-order valence-corrected chi connectivity index (χ4v) is 4.85. The van der Waals surface area contributed by atoms with E-state index >= 15 is 0 Å². The fraction of sp³-hybridized carbons (Fsp3) is 0.345. The van der Waals surface area contributed by atoms with E-state index in [-0.39, 0.29) is 22.3 Å². The maximum absolute atomic E-state index is 13.7. The average molecular weight is 635 g/mol. The van der Waals surface area contributed by atoms with Crippen LogP contribution in [0, 0.1) is 0 Å². The molecule has 15 heteroatoms. The molecule has 2 aliphatic rings. The number of piperazine rings is 1. The van der Waals surface area contributed by atoms with Crippen LogP contribution in [0.5, 0.6) is 0 Å². The molecule has 0 unspecified atom stereocenters. The molecule has 1 aromatic carbocycles. The zero-order chi connectivity index (χ0) is 32.4. The molecule has 0 bridgehead atoms. The molecule has 2 N–H and O–H groups in total. The van der Waals surface area contributed by atoms with Crippen LogP contribution in [-0.4, -0.2) is 97.2 Å². The number of hydrogen-bond donors (Lipinski definition) is 2. The molecule has 0 spiro atoms. The van der Waals surface area contributed by atoms with Crippen LogP contribution >= 0.6 is 11.6 Å². The Morgan fingerprint density at radius 3 is 2.39 bits per heavy atom. The van der Waals surface area contributed by atoms with Crippen LogP contribution in [-0.2, 0) is 20.6 Å². The Hall–Kier alpha value is -4.59. The lowest BCUT2D eigenvalue weighted by molar-refractivity contribution is -0.137. The molecule has 236 valence electrons. The third kappa shape index (κ3) is 8.49. The average Bonchev–Trinajstić information content (AvgIpc) is 3.01. The van der Waals surface area contributed by atoms with Crippen molar-refractivity contribution < 1.29 is 27.6 Å². The third-order valence-corrected chi connectivity index (χ3v) is 7.17. The molecule has 0 aliphatic carbocycles. The van der Waals surface area contributed by atoms with E-state index in [0.29, 0.717) is 56.5 Å². The van der Waals surface area contributed by atoms with Crippen molar-refractivity contribution in [3.05, 3.63) is 76.5 Å². The van der Waals surface area contributed by atoms with E-state index < -0.39 is 30.1 Å². The molecule has 1 fully saturated rings. The highest BCUT2D eigenvalue weighted by atomic mass is 35.5. The molecule has 3 amide bonds. The second kappa shape index (κ2) is 15.2. The van der Waals surface area contributed by atoms with Gasteiger partial charge in [0.05, 0.1) is 22.8 Å². The molecule has 44 heavy (non-hydrogen) atoms. The smallest absolute Gasteiger partial charge is 0.390 e. The predicted molar refractivity (Wildman–Crippen MR) is 163 cm³/mol. The topological polar surface area (TPSA) is 113 Å². The van der Waals surface area contributed by atoms with Crippen LogP contribution in [0.1, 0.15) is 18.9 Å². The highest BCUT2D eigenvalue weighted by Gasteiger charge is 2.33. The number of carbonyl (C=O) groups excluding carboxylic acids is 3. The van der Waals surface area contributed by atoms with Crippen molar-refractivity contribution in [1.29, 1.82) is 0 Å². The Balaban J connectivity index is 1.70. The molecule has 0 radical (unpaired) electrons. The number of nitrogens with zero attached hydrogens (tertiary/aromatic N) is 6. The zero-order valence-corrected chi connectivity index (χ0v) is 25.2. The first-order valence-corrected chi connectivity index (χ1v) is 14.0. The zero-order valence-electron chi connectivity index (χ0n) is 24.4. The van der Waals surface area contributed by atoms with E-state index in [1.54, 1.807) is 30.3 Å². The van der Waals surface area contributed by atoms with Gasteiger partial charge in [-0.3, -0.25) is 19.4 Å². The molecule has 2 heterocycles. The van der Waals surface area contributed by atoms with Crippen LogP contribution in [0.4, 0.5) is 18.9 Å². The van der Waals surface area contributed by atoms with Crippen LogP contribution in [0.2, 0.25) is 5.02 Å². The molecule has 1 saturated heterocycles. The Kier molecular flexibility index (Phi) is 11.7. The summed E-state index contributed by atoms with van der Waals surface area (Å²) in [5.74, 6) is -1.47. The van der Waals surface area contributed by atoms with Crippen LogP contribution in [0.15, 0.2) is 76.0 Å². The first kappa shape index (κ1) is 33.9. The van der Waals surface area contributed by atoms with Gasteiger partial charge in [-0.2, -0.15) is 18.3 Å². The summed E-state index contributed by atoms with van der Waals surface area (Å²) in [5.41, 5.74) is 0.443. The number of hydrazone groups is 1. The first-order chi connectivity index (χ1) is 20.9. The number of nitrogens with one attached hydrogen (secondary N) is 2. The summed E-state index contributed by atoms with van der Waals surface area (Å²) < 4.78 is 38.9. The maximum atomic E-state index is 13.7. The van der Waals surface area contributed by atoms with Crippen molar-refractivity contribution in [2.75, 3.05) is 51.6 Å². The van der Waals surface area contributed by atoms with Gasteiger partial charge < -0.3 is 25.3 Å². The number of allylic oxidation sites excluding steroid dienone is 3. The standard InChI is InChI=1S/C29H34ClF3N8O3/c1-5-23(35-3)26(39-13-15-40(16-14-39)27(43)20-7-6-11-38(18-20)12-10-34-2)28(44)41(36-4)19-25(42)37-24-9-8-21(17-22(24)30)29(31,32)33/h6-12,17,35H,2,4-5,13-16,18-19H2,1,3H3,(H,37,42)/b12-10-,26-23+. The minimum Gasteiger partial charge on any atom is -0.390 e. The normalized spacial score (nSPS) is 15.9. The van der Waals surface area contributed by atoms with Gasteiger partial charge in [0.15, 0.2) is 0 Å². The summed E-state index contributed by atoms with van der Waals surface area (Å²) in [7, 11) is 1.67. The van der Waals surface area contributed by atoms with Crippen LogP contribution < -0.4 is 10.6 Å². The summed E-state index contributed by atoms with van der Waals surface area (Å²) in [5, 5.41) is 9.74. The van der Waals surface area contributed by atoms with Crippen molar-refractivity contribution in [2.45, 2.75) is 19.5 Å². The van der Waals surface area contributed by atoms with E-state index in [4.69, 9.17) is 11.6 Å². The lowest BCUT2D eigenvalue weighted by atomic mass is 10.1. The number of carbonyl (C=O) groups is 3. The van der Waals surface area contributed by atoms with Gasteiger partial charge >= 0.3 is 6.18 Å². The molecule has 2 aliphatic heterocycles. The van der Waals surface area contributed by atoms with Gasteiger partial charge in [-0.1, -0.05) is 24.6 Å². The Morgan fingerprint density at radius 1 is 1.14 bits per heavy atom. The summed E-state index contributed by atoms with van der Waals surface area (Å²) in [6.07, 6.45) is 4.47. The van der Waals surface area contributed by atoms with E-state index in [1.165, 1.54) is 6.20 Å². The van der Waals surface area contributed by atoms with Crippen molar-refractivity contribution >= 4 is 48.4 Å². The van der Waals surface area contributed by atoms with Crippen molar-refractivity contribution in [1.82, 2.24) is 25.0 Å². The van der Waals surface area contributed by atoms with Crippen molar-refractivity contribution in [3.63, 3.8) is 0 Å². The monoisotopic (exact) mass is 634 g/mol. The number of rotatable bonds is 11. The molecular formula is C29H34ClF3N8O3. The van der Waals surface area contributed by atoms with Gasteiger partial charge in [-0.25, -0.2) is 5.01 Å². The number of halogens is 4. The number of hydrogen-bond acceptors (Lipinski definition) is 8. The molecular weight excluding hydrogens is 601 g/mol. The third-order valence-electron chi connectivity index (χ3n) is 6.86. The summed E-state index contributed by atoms with van der Waals surface area (Å²) >= 11 is 5.95. The minimum atomic E-state index is -4.60. The number of amides is 3. The SMILES string of the molecule is C=N/C=C\N1C=CC=C(C(=O)N2CCN(/C(C(=O)N(CC(=O)Nc3ccc(C(F)(F)F)cc3Cl)N=C)=C(\CC)NC)CC2)C1. The second-order valence-corrected chi connectivity index (χ2v) is 10.0. The van der Waals surface area contributed by atoms with Gasteiger partial charge in [0.1, 0.15) is 12.2 Å². The Morgan fingerprint density at radius 2 is 1.82 bits per heavy atom. The van der Waals surface area contributed by atoms with Crippen molar-refractivity contribution in [3.8, 4) is 0 Å². The Bertz CT molecular complexity index is 1390. The van der Waals surface area contributed by atoms with Gasteiger partial charge in [0.2, 0.25) is 5.91 Å². The number of aliphatic imine (C=N–C) groups is 1. The quantitative estimate of drug-likeness (QED) is 0.218. The summed E-state index contributed by atoms with van der Waals surface area (Å²) in [4.78, 5) is 48.8. The minimum absolute atomic E-state index is 0.0535. The van der Waals surface area contributed by atoms with Crippen molar-refractivity contribution in [2.24, 2.45) is 10.1 Å². The van der Waals surface area contributed by atoms with E-state index in [2.05, 4.69) is 34.2 Å². The number of anilines is 1. The van der Waals surface area contributed by atoms with Gasteiger partial charge in [0, 0.05) is 69.8 Å². The van der Waals surface area contributed by atoms with Gasteiger partial charge in [0.25, 0.3) is 11.8 Å². The molecule has 0 saturated carbocycles. The molecule has 0 aromatic heterocycles. The largest absolute Gasteiger partial charge is 0.416 e. The Labute approximate surface area is 258 Å². The highest BCUT2D eigenvalue weighted by molar-refractivity contribution is 6.33. The summed E-state index contributed by atoms with van der Waals surface area (Å²) in [6.45, 7) is 9.86. The first-order valence-electron chi connectivity index (χ1n) is 13.6. The van der Waals surface area contributed by atoms with Gasteiger partial charge in [-0.15, -0.1) is 0 Å². The molecule has 0 atom stereocenters. The molecule has 11 nitrogen and oxygen atoms in total. The van der Waals surface area contributed by atoms with E-state index in [9.17, 15) is 27.6 Å². The number of alkyl halides is 3. The molecule has 3 rings (SSSR count).